The van der Waals surface area contributed by atoms with Crippen molar-refractivity contribution in [1.82, 2.24) is 0 Å². The molecule has 0 unspecified atom stereocenters. The van der Waals surface area contributed by atoms with Gasteiger partial charge in [-0.05, 0) is 153 Å². The monoisotopic (exact) mass is 814 g/mol. The van der Waals surface area contributed by atoms with Gasteiger partial charge >= 0.3 is 0 Å². The molecular weight excluding hydrogens is 761 g/mol. The lowest BCUT2D eigenvalue weighted by molar-refractivity contribution is 0.632. The normalized spacial score (nSPS) is 15.2. The number of benzene rings is 8. The second-order valence-corrected chi connectivity index (χ2v) is 18.9. The minimum atomic E-state index is -0.142. The first-order chi connectivity index (χ1) is 30.6. The van der Waals surface area contributed by atoms with Crippen LogP contribution in [0.15, 0.2) is 170 Å². The molecule has 0 saturated heterocycles. The van der Waals surface area contributed by atoms with E-state index in [4.69, 9.17) is 0 Å². The van der Waals surface area contributed by atoms with Crippen molar-refractivity contribution in [3.63, 3.8) is 0 Å². The predicted molar refractivity (Wildman–Crippen MR) is 268 cm³/mol. The van der Waals surface area contributed by atoms with E-state index in [1.54, 1.807) is 0 Å². The highest BCUT2D eigenvalue weighted by atomic mass is 15.2. The fraction of sp³-hybridized carbons (Fsp3) is 0.180. The highest BCUT2D eigenvalue weighted by molar-refractivity contribution is 5.90. The highest BCUT2D eigenvalue weighted by Gasteiger charge is 2.38. The van der Waals surface area contributed by atoms with Gasteiger partial charge in [-0.1, -0.05) is 168 Å². The first-order valence-corrected chi connectivity index (χ1v) is 22.8. The molecule has 1 aliphatic carbocycles. The van der Waals surface area contributed by atoms with Gasteiger partial charge in [-0.15, -0.1) is 0 Å². The number of rotatable bonds is 6. The number of fused-ring (bicyclic) bond motifs is 7. The average Bonchev–Trinajstić information content (AvgIpc) is 3.41. The van der Waals surface area contributed by atoms with Gasteiger partial charge in [0.05, 0.1) is 11.4 Å². The van der Waals surface area contributed by atoms with Crippen LogP contribution in [0.25, 0.3) is 34.4 Å². The third kappa shape index (κ3) is 6.29. The Bertz CT molecular complexity index is 3040. The van der Waals surface area contributed by atoms with E-state index < -0.39 is 0 Å². The second-order valence-electron chi connectivity index (χ2n) is 18.9. The summed E-state index contributed by atoms with van der Waals surface area (Å²) in [4.78, 5) is 4.94. The Morgan fingerprint density at radius 3 is 1.46 bits per heavy atom. The molecule has 8 aromatic rings. The molecule has 2 aliphatic heterocycles. The van der Waals surface area contributed by atoms with Gasteiger partial charge in [-0.2, -0.15) is 0 Å². The summed E-state index contributed by atoms with van der Waals surface area (Å²) in [6.07, 6.45) is 7.63. The standard InChI is InChI=1S/C61H54N2/c1-7-43-37-41(26-32-49(43)48-34-30-46(36-40(48)2)63-58-22-14-10-18-52(58)60(3,4)53-19-11-15-23-59(53)63)24-25-42-27-33-50-51-35-31-47(39-55(51)61(5,6)54(50)38-42)62-56-20-12-8-16-44(56)28-29-45-17-9-13-21-57(45)62/h8-27,30-39H,7,28-29H2,1-6H3/b25-24+. The summed E-state index contributed by atoms with van der Waals surface area (Å²) in [6, 6.07) is 63.8. The van der Waals surface area contributed by atoms with Crippen LogP contribution < -0.4 is 9.80 Å². The van der Waals surface area contributed by atoms with Gasteiger partial charge in [-0.25, -0.2) is 0 Å². The van der Waals surface area contributed by atoms with E-state index in [-0.39, 0.29) is 10.8 Å². The number of hydrogen-bond acceptors (Lipinski definition) is 2. The van der Waals surface area contributed by atoms with Crippen LogP contribution in [0, 0.1) is 6.92 Å². The van der Waals surface area contributed by atoms with Crippen LogP contribution in [0.2, 0.25) is 0 Å². The maximum atomic E-state index is 2.49. The topological polar surface area (TPSA) is 6.48 Å². The van der Waals surface area contributed by atoms with Crippen LogP contribution in [-0.4, -0.2) is 0 Å². The minimum absolute atomic E-state index is 0.0759. The lowest BCUT2D eigenvalue weighted by Crippen LogP contribution is -2.30. The number of hydrogen-bond donors (Lipinski definition) is 0. The lowest BCUT2D eigenvalue weighted by Gasteiger charge is -2.42. The van der Waals surface area contributed by atoms with Gasteiger partial charge in [0.2, 0.25) is 0 Å². The van der Waals surface area contributed by atoms with Crippen molar-refractivity contribution in [2.75, 3.05) is 9.80 Å². The molecule has 0 N–H and O–H groups in total. The summed E-state index contributed by atoms with van der Waals surface area (Å²) in [5.74, 6) is 0. The first-order valence-electron chi connectivity index (χ1n) is 22.8. The third-order valence-electron chi connectivity index (χ3n) is 14.4. The Morgan fingerprint density at radius 2 is 0.873 bits per heavy atom. The molecule has 3 aliphatic rings. The van der Waals surface area contributed by atoms with Gasteiger partial charge in [0.1, 0.15) is 0 Å². The zero-order valence-electron chi connectivity index (χ0n) is 37.3. The van der Waals surface area contributed by atoms with Crippen molar-refractivity contribution >= 4 is 46.3 Å². The van der Waals surface area contributed by atoms with Crippen LogP contribution in [0.5, 0.6) is 0 Å². The summed E-state index contributed by atoms with van der Waals surface area (Å²) in [5.41, 5.74) is 25.9. The van der Waals surface area contributed by atoms with Gasteiger partial charge < -0.3 is 9.80 Å². The molecular formula is C61H54N2. The number of anilines is 6. The van der Waals surface area contributed by atoms with Crippen molar-refractivity contribution in [1.29, 1.82) is 0 Å². The van der Waals surface area contributed by atoms with Crippen LogP contribution in [0.1, 0.15) is 90.3 Å². The van der Waals surface area contributed by atoms with Crippen molar-refractivity contribution in [3.05, 3.63) is 225 Å². The molecule has 0 bridgehead atoms. The van der Waals surface area contributed by atoms with Crippen LogP contribution in [-0.2, 0) is 30.1 Å². The molecule has 0 radical (unpaired) electrons. The van der Waals surface area contributed by atoms with E-state index in [0.717, 1.165) is 19.3 Å². The zero-order chi connectivity index (χ0) is 43.0. The summed E-state index contributed by atoms with van der Waals surface area (Å²) in [6.45, 7) is 14.0. The number of aryl methyl sites for hydroxylation is 4. The fourth-order valence-corrected chi connectivity index (χ4v) is 11.0. The highest BCUT2D eigenvalue weighted by Crippen LogP contribution is 2.53. The molecule has 63 heavy (non-hydrogen) atoms. The molecule has 308 valence electrons. The molecule has 2 nitrogen and oxygen atoms in total. The summed E-state index contributed by atoms with van der Waals surface area (Å²) < 4.78 is 0. The van der Waals surface area contributed by atoms with Crippen molar-refractivity contribution < 1.29 is 0 Å². The van der Waals surface area contributed by atoms with E-state index >= 15 is 0 Å². The first kappa shape index (κ1) is 39.0. The van der Waals surface area contributed by atoms with Gasteiger partial charge in [0, 0.05) is 33.6 Å². The third-order valence-corrected chi connectivity index (χ3v) is 14.4. The SMILES string of the molecule is CCc1cc(/C=C/c2ccc3c(c2)C(C)(C)c2cc(N4c5ccccc5CCc5ccccc54)ccc2-3)ccc1-c1ccc(N2c3ccccc3C(C)(C)c3ccccc32)cc1C. The van der Waals surface area contributed by atoms with E-state index in [1.807, 2.05) is 0 Å². The fourth-order valence-electron chi connectivity index (χ4n) is 11.0. The van der Waals surface area contributed by atoms with E-state index in [9.17, 15) is 0 Å². The number of para-hydroxylation sites is 4. The van der Waals surface area contributed by atoms with E-state index in [0.29, 0.717) is 0 Å². The maximum absolute atomic E-state index is 2.49. The molecule has 0 atom stereocenters. The Hall–Kier alpha value is -6.90. The molecule has 8 aromatic carbocycles. The Morgan fingerprint density at radius 1 is 0.429 bits per heavy atom. The van der Waals surface area contributed by atoms with Gasteiger partial charge in [-0.3, -0.25) is 0 Å². The Balaban J connectivity index is 0.876. The lowest BCUT2D eigenvalue weighted by atomic mass is 9.73. The molecule has 0 amide bonds. The van der Waals surface area contributed by atoms with Gasteiger partial charge in [0.25, 0.3) is 0 Å². The Labute approximate surface area is 373 Å². The molecule has 11 rings (SSSR count). The van der Waals surface area contributed by atoms with Crippen LogP contribution >= 0.6 is 0 Å². The molecule has 2 heteroatoms. The average molecular weight is 815 g/mol. The largest absolute Gasteiger partial charge is 0.310 e. The molecule has 2 heterocycles. The van der Waals surface area contributed by atoms with Crippen molar-refractivity contribution in [3.8, 4) is 22.3 Å². The van der Waals surface area contributed by atoms with Crippen LogP contribution in [0.4, 0.5) is 34.1 Å². The molecule has 0 saturated carbocycles. The minimum Gasteiger partial charge on any atom is -0.310 e. The van der Waals surface area contributed by atoms with Crippen LogP contribution in [0.3, 0.4) is 0 Å². The summed E-state index contributed by atoms with van der Waals surface area (Å²) in [5, 5.41) is 0. The zero-order valence-corrected chi connectivity index (χ0v) is 37.3. The van der Waals surface area contributed by atoms with E-state index in [2.05, 4.69) is 233 Å². The molecule has 0 fully saturated rings. The predicted octanol–water partition coefficient (Wildman–Crippen LogP) is 16.4. The van der Waals surface area contributed by atoms with Crippen molar-refractivity contribution in [2.45, 2.75) is 71.6 Å². The quantitative estimate of drug-likeness (QED) is 0.154. The maximum Gasteiger partial charge on any atom is 0.0502 e. The summed E-state index contributed by atoms with van der Waals surface area (Å²) >= 11 is 0. The number of nitrogens with zero attached hydrogens (tertiary/aromatic N) is 2. The smallest absolute Gasteiger partial charge is 0.0502 e. The Kier molecular flexibility index (Phi) is 9.21. The van der Waals surface area contributed by atoms with Crippen molar-refractivity contribution in [2.24, 2.45) is 0 Å². The summed E-state index contributed by atoms with van der Waals surface area (Å²) in [7, 11) is 0. The molecule has 0 aromatic heterocycles. The van der Waals surface area contributed by atoms with Gasteiger partial charge in [0.15, 0.2) is 0 Å². The molecule has 0 spiro atoms. The van der Waals surface area contributed by atoms with E-state index in [1.165, 1.54) is 112 Å². The second kappa shape index (κ2) is 14.9.